The highest BCUT2D eigenvalue weighted by Crippen LogP contribution is 2.18. The molecule has 88 valence electrons. The van der Waals surface area contributed by atoms with Gasteiger partial charge in [0.1, 0.15) is 6.10 Å². The Morgan fingerprint density at radius 2 is 2.50 bits per heavy atom. The summed E-state index contributed by atoms with van der Waals surface area (Å²) in [6.45, 7) is 2.02. The van der Waals surface area contributed by atoms with Crippen LogP contribution in [0.1, 0.15) is 19.8 Å². The molecular formula is C12H15IO3. The molecule has 0 fully saturated rings. The monoisotopic (exact) mass is 334 g/mol. The van der Waals surface area contributed by atoms with Crippen molar-refractivity contribution in [2.75, 3.05) is 7.11 Å². The molecule has 0 saturated heterocycles. The molecule has 16 heavy (non-hydrogen) atoms. The number of methoxy groups -OCH3 is 1. The Kier molecular flexibility index (Phi) is 5.59. The molecule has 1 unspecified atom stereocenters. The first-order valence-electron chi connectivity index (χ1n) is 5.06. The van der Waals surface area contributed by atoms with Gasteiger partial charge in [-0.15, -0.1) is 0 Å². The fourth-order valence-corrected chi connectivity index (χ4v) is 1.94. The number of allylic oxidation sites excluding steroid dienone is 2. The molecule has 1 heterocycles. The Morgan fingerprint density at radius 1 is 1.75 bits per heavy atom. The molecule has 0 aliphatic carbocycles. The van der Waals surface area contributed by atoms with Crippen LogP contribution in [0.5, 0.6) is 0 Å². The lowest BCUT2D eigenvalue weighted by Crippen LogP contribution is -2.23. The van der Waals surface area contributed by atoms with Gasteiger partial charge in [-0.3, -0.25) is 0 Å². The SMILES string of the molecule is COC1=CCC(C/C=C(C)/C=C\I)OC1=O. The van der Waals surface area contributed by atoms with Gasteiger partial charge in [0.15, 0.2) is 5.76 Å². The Labute approximate surface area is 109 Å². The third kappa shape index (κ3) is 4.00. The topological polar surface area (TPSA) is 35.5 Å². The van der Waals surface area contributed by atoms with E-state index in [1.165, 1.54) is 12.7 Å². The molecule has 0 aromatic rings. The highest BCUT2D eigenvalue weighted by molar-refractivity contribution is 14.1. The number of carbonyl (C=O) groups is 1. The van der Waals surface area contributed by atoms with Crippen molar-refractivity contribution in [2.24, 2.45) is 0 Å². The molecule has 0 N–H and O–H groups in total. The predicted octanol–water partition coefficient (Wildman–Crippen LogP) is 3.12. The lowest BCUT2D eigenvalue weighted by molar-refractivity contribution is -0.149. The van der Waals surface area contributed by atoms with Crippen LogP contribution in [0, 0.1) is 0 Å². The van der Waals surface area contributed by atoms with Gasteiger partial charge in [-0.05, 0) is 17.1 Å². The van der Waals surface area contributed by atoms with Gasteiger partial charge in [0.05, 0.1) is 7.11 Å². The summed E-state index contributed by atoms with van der Waals surface area (Å²) < 4.78 is 12.0. The summed E-state index contributed by atoms with van der Waals surface area (Å²) in [5.74, 6) is -0.0571. The smallest absolute Gasteiger partial charge is 0.373 e. The standard InChI is InChI=1S/C12H15IO3/c1-9(7-8-13)3-4-10-5-6-11(15-2)12(14)16-10/h3,6-8,10H,4-5H2,1-2H3/b8-7-,9-3+. The van der Waals surface area contributed by atoms with E-state index in [0.29, 0.717) is 12.2 Å². The first-order chi connectivity index (χ1) is 7.67. The normalized spacial score (nSPS) is 21.9. The average molecular weight is 334 g/mol. The van der Waals surface area contributed by atoms with Crippen molar-refractivity contribution in [3.05, 3.63) is 33.6 Å². The van der Waals surface area contributed by atoms with Crippen LogP contribution < -0.4 is 0 Å². The number of hydrogen-bond acceptors (Lipinski definition) is 3. The summed E-state index contributed by atoms with van der Waals surface area (Å²) in [6, 6.07) is 0. The Balaban J connectivity index is 2.51. The molecule has 0 saturated carbocycles. The number of carbonyl (C=O) groups excluding carboxylic acids is 1. The highest BCUT2D eigenvalue weighted by atomic mass is 127. The number of halogens is 1. The zero-order valence-corrected chi connectivity index (χ0v) is 11.6. The lowest BCUT2D eigenvalue weighted by Gasteiger charge is -2.20. The maximum absolute atomic E-state index is 11.4. The third-order valence-electron chi connectivity index (χ3n) is 2.29. The number of cyclic esters (lactones) is 1. The molecule has 3 nitrogen and oxygen atoms in total. The zero-order valence-electron chi connectivity index (χ0n) is 9.40. The minimum Gasteiger partial charge on any atom is -0.490 e. The molecular weight excluding hydrogens is 319 g/mol. The van der Waals surface area contributed by atoms with Crippen LogP contribution >= 0.6 is 22.6 Å². The fourth-order valence-electron chi connectivity index (χ4n) is 1.38. The molecule has 4 heteroatoms. The van der Waals surface area contributed by atoms with Crippen molar-refractivity contribution >= 4 is 28.6 Å². The van der Waals surface area contributed by atoms with Gasteiger partial charge in [0.25, 0.3) is 0 Å². The first kappa shape index (κ1) is 13.3. The van der Waals surface area contributed by atoms with E-state index in [4.69, 9.17) is 9.47 Å². The van der Waals surface area contributed by atoms with E-state index >= 15 is 0 Å². The van der Waals surface area contributed by atoms with Crippen molar-refractivity contribution in [1.29, 1.82) is 0 Å². The molecule has 1 atom stereocenters. The van der Waals surface area contributed by atoms with Gasteiger partial charge in [-0.25, -0.2) is 4.79 Å². The average Bonchev–Trinajstić information content (AvgIpc) is 2.27. The maximum Gasteiger partial charge on any atom is 0.373 e. The van der Waals surface area contributed by atoms with Crippen molar-refractivity contribution < 1.29 is 14.3 Å². The lowest BCUT2D eigenvalue weighted by atomic mass is 10.1. The van der Waals surface area contributed by atoms with E-state index in [1.807, 2.05) is 17.1 Å². The Bertz CT molecular complexity index is 342. The maximum atomic E-state index is 11.4. The van der Waals surface area contributed by atoms with Crippen LogP contribution in [0.4, 0.5) is 0 Å². The van der Waals surface area contributed by atoms with Crippen molar-refractivity contribution in [3.63, 3.8) is 0 Å². The molecule has 1 aliphatic rings. The van der Waals surface area contributed by atoms with Crippen molar-refractivity contribution in [2.45, 2.75) is 25.9 Å². The second kappa shape index (κ2) is 6.73. The summed E-state index contributed by atoms with van der Waals surface area (Å²) in [7, 11) is 1.47. The van der Waals surface area contributed by atoms with E-state index in [1.54, 1.807) is 6.08 Å². The van der Waals surface area contributed by atoms with Gasteiger partial charge in [0.2, 0.25) is 0 Å². The summed E-state index contributed by atoms with van der Waals surface area (Å²) in [5, 5.41) is 0. The van der Waals surface area contributed by atoms with E-state index in [-0.39, 0.29) is 12.1 Å². The molecule has 0 aromatic carbocycles. The summed E-state index contributed by atoms with van der Waals surface area (Å²) in [4.78, 5) is 11.4. The van der Waals surface area contributed by atoms with Gasteiger partial charge < -0.3 is 9.47 Å². The Hall–Kier alpha value is -0.780. The predicted molar refractivity (Wildman–Crippen MR) is 71.1 cm³/mol. The number of ether oxygens (including phenoxy) is 2. The van der Waals surface area contributed by atoms with Crippen LogP contribution in [0.25, 0.3) is 0 Å². The van der Waals surface area contributed by atoms with Crippen LogP contribution in [0.2, 0.25) is 0 Å². The molecule has 0 bridgehead atoms. The van der Waals surface area contributed by atoms with E-state index in [2.05, 4.69) is 28.7 Å². The van der Waals surface area contributed by atoms with Crippen LogP contribution in [0.15, 0.2) is 33.6 Å². The highest BCUT2D eigenvalue weighted by Gasteiger charge is 2.22. The molecule has 0 spiro atoms. The second-order valence-corrected chi connectivity index (χ2v) is 4.23. The van der Waals surface area contributed by atoms with E-state index in [0.717, 1.165) is 6.42 Å². The van der Waals surface area contributed by atoms with Gasteiger partial charge in [-0.1, -0.05) is 40.3 Å². The largest absolute Gasteiger partial charge is 0.490 e. The quantitative estimate of drug-likeness (QED) is 0.450. The molecule has 1 rings (SSSR count). The van der Waals surface area contributed by atoms with Gasteiger partial charge >= 0.3 is 5.97 Å². The first-order valence-corrected chi connectivity index (χ1v) is 6.30. The van der Waals surface area contributed by atoms with Crippen LogP contribution in [-0.4, -0.2) is 19.2 Å². The molecule has 1 aliphatic heterocycles. The fraction of sp³-hybridized carbons (Fsp3) is 0.417. The van der Waals surface area contributed by atoms with E-state index < -0.39 is 0 Å². The Morgan fingerprint density at radius 3 is 3.06 bits per heavy atom. The molecule has 0 amide bonds. The number of hydrogen-bond donors (Lipinski definition) is 0. The molecule has 0 radical (unpaired) electrons. The summed E-state index contributed by atoms with van der Waals surface area (Å²) in [6.07, 6.45) is 7.26. The third-order valence-corrected chi connectivity index (χ3v) is 2.65. The van der Waals surface area contributed by atoms with Crippen molar-refractivity contribution in [3.8, 4) is 0 Å². The molecule has 0 aromatic heterocycles. The van der Waals surface area contributed by atoms with Crippen LogP contribution in [0.3, 0.4) is 0 Å². The van der Waals surface area contributed by atoms with E-state index in [9.17, 15) is 4.79 Å². The summed E-state index contributed by atoms with van der Waals surface area (Å²) in [5.41, 5.74) is 1.17. The number of rotatable bonds is 4. The second-order valence-electron chi connectivity index (χ2n) is 3.51. The van der Waals surface area contributed by atoms with Gasteiger partial charge in [0, 0.05) is 12.8 Å². The zero-order chi connectivity index (χ0) is 12.0. The van der Waals surface area contributed by atoms with Crippen LogP contribution in [-0.2, 0) is 14.3 Å². The summed E-state index contributed by atoms with van der Waals surface area (Å²) >= 11 is 2.17. The number of esters is 1. The minimum atomic E-state index is -0.366. The minimum absolute atomic E-state index is 0.0658. The van der Waals surface area contributed by atoms with Crippen molar-refractivity contribution in [1.82, 2.24) is 0 Å². The van der Waals surface area contributed by atoms with Gasteiger partial charge in [-0.2, -0.15) is 0 Å².